The van der Waals surface area contributed by atoms with Gasteiger partial charge in [-0.25, -0.2) is 4.57 Å². The third kappa shape index (κ3) is 39.3. The molecule has 4 atom stereocenters. The summed E-state index contributed by atoms with van der Waals surface area (Å²) in [5.41, 5.74) is 5.36. The Hall–Kier alpha value is -1.32. The molecule has 0 radical (unpaired) electrons. The van der Waals surface area contributed by atoms with Crippen LogP contribution in [0.25, 0.3) is 0 Å². The molecule has 0 fully saturated rings. The minimum absolute atomic E-state index is 0.0434. The van der Waals surface area contributed by atoms with Gasteiger partial charge in [0.05, 0.1) is 37.9 Å². The second kappa shape index (κ2) is 40.9. The number of aliphatic hydroxyl groups is 2. The van der Waals surface area contributed by atoms with Gasteiger partial charge in [0.1, 0.15) is 0 Å². The molecule has 0 heterocycles. The van der Waals surface area contributed by atoms with Gasteiger partial charge in [0.2, 0.25) is 5.91 Å². The fourth-order valence-corrected chi connectivity index (χ4v) is 7.30. The summed E-state index contributed by atoms with van der Waals surface area (Å²) in [6.07, 6.45) is 45.2. The maximum atomic E-state index is 12.8. The fourth-order valence-electron chi connectivity index (χ4n) is 6.54. The van der Waals surface area contributed by atoms with Crippen molar-refractivity contribution in [2.24, 2.45) is 5.73 Å². The van der Waals surface area contributed by atoms with Crippen LogP contribution in [0.3, 0.4) is 0 Å². The molecule has 0 aromatic rings. The van der Waals surface area contributed by atoms with Crippen molar-refractivity contribution in [3.05, 3.63) is 36.5 Å². The van der Waals surface area contributed by atoms with Gasteiger partial charge < -0.3 is 26.2 Å². The van der Waals surface area contributed by atoms with Crippen LogP contribution in [0.15, 0.2) is 36.5 Å². The van der Waals surface area contributed by atoms with E-state index in [1.807, 2.05) is 6.08 Å². The van der Waals surface area contributed by atoms with Crippen LogP contribution >= 0.6 is 7.82 Å². The molecule has 0 aromatic carbocycles. The third-order valence-electron chi connectivity index (χ3n) is 9.99. The molecule has 6 N–H and O–H groups in total. The topological polar surface area (TPSA) is 151 Å². The zero-order valence-corrected chi connectivity index (χ0v) is 36.4. The summed E-state index contributed by atoms with van der Waals surface area (Å²) >= 11 is 0. The SMILES string of the molecule is CCCCCCCCCC/C=C/CC/C=C/C(O)C(COP(=O)(O)OCCN)NC(=O)CC(O)CCCCCCC/C=C\CCCCCCCCCCCC. The summed E-state index contributed by atoms with van der Waals surface area (Å²) in [5.74, 6) is -0.460. The highest BCUT2D eigenvalue weighted by atomic mass is 31.2. The lowest BCUT2D eigenvalue weighted by Crippen LogP contribution is -2.46. The highest BCUT2D eigenvalue weighted by molar-refractivity contribution is 7.47. The maximum absolute atomic E-state index is 12.8. The van der Waals surface area contributed by atoms with Crippen LogP contribution in [0.2, 0.25) is 0 Å². The summed E-state index contributed by atoms with van der Waals surface area (Å²) in [6.45, 7) is 3.94. The van der Waals surface area contributed by atoms with E-state index in [1.54, 1.807) is 6.08 Å². The monoisotopic (exact) mass is 799 g/mol. The number of aliphatic hydroxyl groups excluding tert-OH is 2. The summed E-state index contributed by atoms with van der Waals surface area (Å²) in [5, 5.41) is 24.0. The van der Waals surface area contributed by atoms with Crippen molar-refractivity contribution in [1.82, 2.24) is 5.32 Å². The minimum Gasteiger partial charge on any atom is -0.393 e. The number of unbranched alkanes of at least 4 members (excludes halogenated alkanes) is 24. The van der Waals surface area contributed by atoms with Crippen LogP contribution < -0.4 is 11.1 Å². The number of amides is 1. The van der Waals surface area contributed by atoms with Crippen molar-refractivity contribution in [3.8, 4) is 0 Å². The Labute approximate surface area is 338 Å². The predicted octanol–water partition coefficient (Wildman–Crippen LogP) is 11.7. The lowest BCUT2D eigenvalue weighted by atomic mass is 10.0. The fraction of sp³-hybridized carbons (Fsp3) is 0.844. The summed E-state index contributed by atoms with van der Waals surface area (Å²) in [4.78, 5) is 22.8. The number of phosphoric ester groups is 1. The highest BCUT2D eigenvalue weighted by Crippen LogP contribution is 2.43. The molecule has 0 saturated carbocycles. The van der Waals surface area contributed by atoms with Crippen LogP contribution in [0.4, 0.5) is 0 Å². The molecule has 0 aliphatic carbocycles. The molecule has 0 rings (SSSR count). The average Bonchev–Trinajstić information content (AvgIpc) is 3.16. The number of nitrogens with one attached hydrogen (secondary N) is 1. The summed E-state index contributed by atoms with van der Waals surface area (Å²) in [7, 11) is -4.41. The molecular weight excluding hydrogens is 711 g/mol. The van der Waals surface area contributed by atoms with Crippen LogP contribution in [0, 0.1) is 0 Å². The average molecular weight is 799 g/mol. The first kappa shape index (κ1) is 53.7. The van der Waals surface area contributed by atoms with Gasteiger partial charge in [-0.15, -0.1) is 0 Å². The highest BCUT2D eigenvalue weighted by Gasteiger charge is 2.27. The molecular formula is C45H87N2O7P. The summed E-state index contributed by atoms with van der Waals surface area (Å²) in [6, 6.07) is -1.00. The molecule has 0 aromatic heterocycles. The van der Waals surface area contributed by atoms with E-state index < -0.39 is 38.6 Å². The summed E-state index contributed by atoms with van der Waals surface area (Å²) < 4.78 is 22.1. The van der Waals surface area contributed by atoms with E-state index in [2.05, 4.69) is 43.5 Å². The van der Waals surface area contributed by atoms with E-state index in [0.717, 1.165) is 44.9 Å². The Morgan fingerprint density at radius 3 is 1.51 bits per heavy atom. The first-order valence-electron chi connectivity index (χ1n) is 22.7. The lowest BCUT2D eigenvalue weighted by molar-refractivity contribution is -0.124. The molecule has 0 aliphatic heterocycles. The van der Waals surface area contributed by atoms with E-state index in [-0.39, 0.29) is 19.6 Å². The third-order valence-corrected chi connectivity index (χ3v) is 11.0. The Balaban J connectivity index is 4.31. The Bertz CT molecular complexity index is 977. The number of rotatable bonds is 42. The molecule has 0 spiro atoms. The van der Waals surface area contributed by atoms with E-state index in [1.165, 1.54) is 128 Å². The number of hydrogen-bond acceptors (Lipinski definition) is 7. The molecule has 9 nitrogen and oxygen atoms in total. The van der Waals surface area contributed by atoms with Crippen LogP contribution in [-0.4, -0.2) is 59.0 Å². The van der Waals surface area contributed by atoms with Crippen molar-refractivity contribution in [3.63, 3.8) is 0 Å². The minimum atomic E-state index is -4.41. The van der Waals surface area contributed by atoms with Crippen molar-refractivity contribution in [2.75, 3.05) is 19.8 Å². The Morgan fingerprint density at radius 2 is 1.04 bits per heavy atom. The first-order valence-corrected chi connectivity index (χ1v) is 24.2. The lowest BCUT2D eigenvalue weighted by Gasteiger charge is -2.24. The standard InChI is InChI=1S/C45H87N2O7P/c1-3-5-7-9-11-13-15-17-19-20-21-22-23-24-26-28-30-32-34-36-42(48)40-45(50)47-43(41-54-55(51,52)53-39-38-46)44(49)37-35-33-31-29-27-25-18-16-14-12-10-8-6-4-2/h22-23,27,29,35,37,42-44,48-49H,3-21,24-26,28,30-34,36,38-41,46H2,1-2H3,(H,47,50)(H,51,52)/b23-22-,29-27+,37-35+. The van der Waals surface area contributed by atoms with Gasteiger partial charge in [0.25, 0.3) is 0 Å². The van der Waals surface area contributed by atoms with Crippen LogP contribution in [-0.2, 0) is 18.4 Å². The number of carbonyl (C=O) groups is 1. The zero-order chi connectivity index (χ0) is 40.5. The smallest absolute Gasteiger partial charge is 0.393 e. The molecule has 0 bridgehead atoms. The number of nitrogens with two attached hydrogens (primary N) is 1. The van der Waals surface area contributed by atoms with Gasteiger partial charge in [-0.1, -0.05) is 179 Å². The number of carbonyl (C=O) groups excluding carboxylic acids is 1. The maximum Gasteiger partial charge on any atom is 0.472 e. The first-order chi connectivity index (χ1) is 26.8. The van der Waals surface area contributed by atoms with Crippen molar-refractivity contribution < 1.29 is 33.5 Å². The van der Waals surface area contributed by atoms with E-state index in [4.69, 9.17) is 14.8 Å². The van der Waals surface area contributed by atoms with Gasteiger partial charge in [0.15, 0.2) is 0 Å². The molecule has 10 heteroatoms. The van der Waals surface area contributed by atoms with E-state index in [0.29, 0.717) is 12.8 Å². The van der Waals surface area contributed by atoms with Crippen LogP contribution in [0.1, 0.15) is 206 Å². The molecule has 55 heavy (non-hydrogen) atoms. The van der Waals surface area contributed by atoms with E-state index >= 15 is 0 Å². The second-order valence-corrected chi connectivity index (χ2v) is 16.9. The van der Waals surface area contributed by atoms with Crippen molar-refractivity contribution in [1.29, 1.82) is 0 Å². The largest absolute Gasteiger partial charge is 0.472 e. The molecule has 1 amide bonds. The van der Waals surface area contributed by atoms with Gasteiger partial charge in [-0.2, -0.15) is 0 Å². The van der Waals surface area contributed by atoms with Crippen molar-refractivity contribution >= 4 is 13.7 Å². The number of allylic oxidation sites excluding steroid dienone is 5. The molecule has 0 saturated heterocycles. The second-order valence-electron chi connectivity index (χ2n) is 15.4. The van der Waals surface area contributed by atoms with Crippen LogP contribution in [0.5, 0.6) is 0 Å². The predicted molar refractivity (Wildman–Crippen MR) is 232 cm³/mol. The molecule has 324 valence electrons. The zero-order valence-electron chi connectivity index (χ0n) is 35.5. The van der Waals surface area contributed by atoms with Gasteiger partial charge in [0, 0.05) is 6.54 Å². The van der Waals surface area contributed by atoms with Gasteiger partial charge in [-0.05, 0) is 57.8 Å². The normalized spacial score (nSPS) is 14.9. The molecule has 4 unspecified atom stereocenters. The van der Waals surface area contributed by atoms with Crippen molar-refractivity contribution in [2.45, 2.75) is 225 Å². The number of hydrogen-bond donors (Lipinski definition) is 5. The quantitative estimate of drug-likeness (QED) is 0.0233. The van der Waals surface area contributed by atoms with Gasteiger partial charge >= 0.3 is 7.82 Å². The number of phosphoric acid groups is 1. The Kier molecular flexibility index (Phi) is 39.9. The van der Waals surface area contributed by atoms with Gasteiger partial charge in [-0.3, -0.25) is 13.8 Å². The Morgan fingerprint density at radius 1 is 0.618 bits per heavy atom. The van der Waals surface area contributed by atoms with E-state index in [9.17, 15) is 24.5 Å². The molecule has 0 aliphatic rings.